The zero-order chi connectivity index (χ0) is 27.2. The van der Waals surface area contributed by atoms with Crippen LogP contribution in [-0.2, 0) is 21.2 Å². The molecule has 3 aliphatic rings. The summed E-state index contributed by atoms with van der Waals surface area (Å²) in [6.07, 6.45) is 0.879. The SMILES string of the molecule is COc1ccc(OC)c(S(=O)(=O)N2C[C@@H]3c4cccc5c4OC[C@]3(CNC(=O)CCc3cccc(c3)O5)C2)c1. The lowest BCUT2D eigenvalue weighted by atomic mass is 9.73. The minimum atomic E-state index is -3.98. The Labute approximate surface area is 227 Å². The highest BCUT2D eigenvalue weighted by Gasteiger charge is 2.55. The minimum Gasteiger partial charge on any atom is -0.497 e. The van der Waals surface area contributed by atoms with E-state index in [4.69, 9.17) is 18.9 Å². The summed E-state index contributed by atoms with van der Waals surface area (Å²) in [5, 5.41) is 3.08. The van der Waals surface area contributed by atoms with Gasteiger partial charge in [0.1, 0.15) is 22.1 Å². The lowest BCUT2D eigenvalue weighted by Crippen LogP contribution is -2.48. The Balaban J connectivity index is 1.43. The number of carbonyl (C=O) groups is 1. The van der Waals surface area contributed by atoms with Crippen LogP contribution in [0.1, 0.15) is 23.5 Å². The van der Waals surface area contributed by atoms with E-state index in [1.165, 1.54) is 24.6 Å². The van der Waals surface area contributed by atoms with Crippen molar-refractivity contribution in [1.82, 2.24) is 9.62 Å². The number of carbonyl (C=O) groups excluding carboxylic acids is 1. The number of aryl methyl sites for hydroxylation is 1. The van der Waals surface area contributed by atoms with Gasteiger partial charge in [0.15, 0.2) is 11.5 Å². The molecule has 0 saturated carbocycles. The molecule has 1 spiro atoms. The number of methoxy groups -OCH3 is 2. The fourth-order valence-corrected chi connectivity index (χ4v) is 7.53. The molecule has 6 rings (SSSR count). The fraction of sp³-hybridized carbons (Fsp3) is 0.345. The molecule has 2 atom stereocenters. The second-order valence-electron chi connectivity index (χ2n) is 10.2. The molecule has 0 unspecified atom stereocenters. The van der Waals surface area contributed by atoms with E-state index in [2.05, 4.69) is 5.32 Å². The van der Waals surface area contributed by atoms with Crippen LogP contribution in [0.2, 0.25) is 0 Å². The predicted molar refractivity (Wildman–Crippen MR) is 143 cm³/mol. The van der Waals surface area contributed by atoms with Crippen molar-refractivity contribution >= 4 is 15.9 Å². The molecule has 10 heteroatoms. The van der Waals surface area contributed by atoms with Gasteiger partial charge in [-0.3, -0.25) is 4.79 Å². The first-order chi connectivity index (χ1) is 18.8. The van der Waals surface area contributed by atoms with Gasteiger partial charge in [-0.15, -0.1) is 0 Å². The minimum absolute atomic E-state index is 0.0329. The zero-order valence-corrected chi connectivity index (χ0v) is 22.6. The first kappa shape index (κ1) is 25.5. The van der Waals surface area contributed by atoms with Gasteiger partial charge in [-0.1, -0.05) is 24.3 Å². The van der Waals surface area contributed by atoms with Crippen LogP contribution in [0.5, 0.6) is 28.7 Å². The molecule has 39 heavy (non-hydrogen) atoms. The van der Waals surface area contributed by atoms with E-state index in [9.17, 15) is 13.2 Å². The zero-order valence-electron chi connectivity index (χ0n) is 21.8. The summed E-state index contributed by atoms with van der Waals surface area (Å²) in [4.78, 5) is 12.9. The van der Waals surface area contributed by atoms with E-state index in [1.54, 1.807) is 12.1 Å². The molecule has 3 aromatic carbocycles. The summed E-state index contributed by atoms with van der Waals surface area (Å²) >= 11 is 0. The van der Waals surface area contributed by atoms with Crippen molar-refractivity contribution in [2.24, 2.45) is 5.41 Å². The second-order valence-corrected chi connectivity index (χ2v) is 12.1. The van der Waals surface area contributed by atoms with Crippen LogP contribution in [0.3, 0.4) is 0 Å². The highest BCUT2D eigenvalue weighted by Crippen LogP contribution is 2.53. The van der Waals surface area contributed by atoms with Crippen LogP contribution in [0.15, 0.2) is 65.6 Å². The van der Waals surface area contributed by atoms with Gasteiger partial charge in [-0.2, -0.15) is 4.31 Å². The molecule has 0 aliphatic carbocycles. The summed E-state index contributed by atoms with van der Waals surface area (Å²) in [6.45, 7) is 0.896. The standard InChI is InChI=1S/C29H30N2O7S/c1-35-20-10-11-24(36-2)26(14-20)39(33,34)31-15-23-22-7-4-8-25-28(22)37-18-29(23,17-31)16-30-27(32)12-9-19-5-3-6-21(13-19)38-25/h3-8,10-11,13-14,23H,9,12,15-18H2,1-2H3,(H,30,32)/t23-,29+/m1/s1. The predicted octanol–water partition coefficient (Wildman–Crippen LogP) is 3.73. The Hall–Kier alpha value is -3.76. The van der Waals surface area contributed by atoms with Gasteiger partial charge in [-0.25, -0.2) is 8.42 Å². The molecule has 3 aliphatic heterocycles. The van der Waals surface area contributed by atoms with Crippen molar-refractivity contribution in [3.8, 4) is 28.7 Å². The van der Waals surface area contributed by atoms with Gasteiger partial charge in [0, 0.05) is 49.0 Å². The second kappa shape index (κ2) is 9.77. The van der Waals surface area contributed by atoms with Gasteiger partial charge in [0.2, 0.25) is 15.9 Å². The maximum Gasteiger partial charge on any atom is 0.246 e. The molecule has 4 bridgehead atoms. The van der Waals surface area contributed by atoms with E-state index in [-0.39, 0.29) is 48.7 Å². The summed E-state index contributed by atoms with van der Waals surface area (Å²) in [5.41, 5.74) is 1.18. The number of ether oxygens (including phenoxy) is 4. The Morgan fingerprint density at radius 1 is 1.03 bits per heavy atom. The summed E-state index contributed by atoms with van der Waals surface area (Å²) in [6, 6.07) is 18.1. The molecule has 9 nitrogen and oxygen atoms in total. The number of nitrogens with one attached hydrogen (secondary N) is 1. The maximum atomic E-state index is 14.0. The highest BCUT2D eigenvalue weighted by molar-refractivity contribution is 7.89. The van der Waals surface area contributed by atoms with E-state index < -0.39 is 15.4 Å². The first-order valence-corrected chi connectivity index (χ1v) is 14.3. The Morgan fingerprint density at radius 2 is 1.87 bits per heavy atom. The lowest BCUT2D eigenvalue weighted by molar-refractivity contribution is -0.121. The molecule has 3 heterocycles. The number of rotatable bonds is 4. The Bertz CT molecular complexity index is 1540. The number of fused-ring (bicyclic) bond motifs is 4. The fourth-order valence-electron chi connectivity index (χ4n) is 5.81. The Morgan fingerprint density at radius 3 is 2.69 bits per heavy atom. The maximum absolute atomic E-state index is 14.0. The molecule has 0 aromatic heterocycles. The van der Waals surface area contributed by atoms with Gasteiger partial charge >= 0.3 is 0 Å². The highest BCUT2D eigenvalue weighted by atomic mass is 32.2. The molecule has 1 fully saturated rings. The first-order valence-electron chi connectivity index (χ1n) is 12.8. The number of nitrogens with zero attached hydrogens (tertiary/aromatic N) is 1. The van der Waals surface area contributed by atoms with Crippen molar-refractivity contribution < 1.29 is 32.2 Å². The molecule has 0 radical (unpaired) electrons. The van der Waals surface area contributed by atoms with E-state index in [0.717, 1.165) is 11.1 Å². The smallest absolute Gasteiger partial charge is 0.246 e. The van der Waals surface area contributed by atoms with Crippen LogP contribution < -0.4 is 24.3 Å². The lowest BCUT2D eigenvalue weighted by Gasteiger charge is -2.40. The number of sulfonamides is 1. The van der Waals surface area contributed by atoms with Crippen LogP contribution in [0.25, 0.3) is 0 Å². The molecule has 1 saturated heterocycles. The monoisotopic (exact) mass is 550 g/mol. The molecule has 1 amide bonds. The summed E-state index contributed by atoms with van der Waals surface area (Å²) in [5.74, 6) is 2.16. The van der Waals surface area contributed by atoms with Gasteiger partial charge in [0.25, 0.3) is 0 Å². The molecule has 204 valence electrons. The van der Waals surface area contributed by atoms with Crippen molar-refractivity contribution in [1.29, 1.82) is 0 Å². The summed E-state index contributed by atoms with van der Waals surface area (Å²) in [7, 11) is -1.05. The van der Waals surface area contributed by atoms with Crippen molar-refractivity contribution in [2.75, 3.05) is 40.5 Å². The van der Waals surface area contributed by atoms with Crippen molar-refractivity contribution in [3.05, 3.63) is 71.8 Å². The topological polar surface area (TPSA) is 103 Å². The van der Waals surface area contributed by atoms with E-state index in [1.807, 2.05) is 42.5 Å². The normalized spacial score (nSPS) is 22.6. The molecule has 1 N–H and O–H groups in total. The third-order valence-corrected chi connectivity index (χ3v) is 9.73. The average molecular weight is 551 g/mol. The molecular weight excluding hydrogens is 520 g/mol. The summed E-state index contributed by atoms with van der Waals surface area (Å²) < 4.78 is 52.8. The van der Waals surface area contributed by atoms with Crippen LogP contribution in [0.4, 0.5) is 0 Å². The number of hydrogen-bond donors (Lipinski definition) is 1. The van der Waals surface area contributed by atoms with Crippen molar-refractivity contribution in [2.45, 2.75) is 23.7 Å². The Kier molecular flexibility index (Phi) is 6.39. The molecular formula is C29H30N2O7S. The number of benzene rings is 3. The third-order valence-electron chi connectivity index (χ3n) is 7.90. The average Bonchev–Trinajstić information content (AvgIpc) is 3.36. The van der Waals surface area contributed by atoms with Gasteiger partial charge in [0.05, 0.1) is 20.8 Å². The van der Waals surface area contributed by atoms with Crippen molar-refractivity contribution in [3.63, 3.8) is 0 Å². The van der Waals surface area contributed by atoms with E-state index in [0.29, 0.717) is 35.8 Å². The van der Waals surface area contributed by atoms with E-state index >= 15 is 0 Å². The third kappa shape index (κ3) is 4.47. The number of hydrogen-bond acceptors (Lipinski definition) is 7. The largest absolute Gasteiger partial charge is 0.497 e. The van der Waals surface area contributed by atoms with Gasteiger partial charge < -0.3 is 24.3 Å². The van der Waals surface area contributed by atoms with Gasteiger partial charge in [-0.05, 0) is 42.3 Å². The number of amides is 1. The van der Waals surface area contributed by atoms with Crippen LogP contribution in [-0.4, -0.2) is 59.1 Å². The van der Waals surface area contributed by atoms with Crippen LogP contribution in [0, 0.1) is 5.41 Å². The van der Waals surface area contributed by atoms with Crippen LogP contribution >= 0.6 is 0 Å². The molecule has 3 aromatic rings. The quantitative estimate of drug-likeness (QED) is 0.528. The number of para-hydroxylation sites is 1.